The number of methoxy groups -OCH3 is 1. The molecular formula is C17H27F3N4O2. The SMILES string of the molecule is COCCNC(=O)c1c(C(F)(F)F)nn(C2CCCN(C(C)C)C2)c1C. The molecule has 1 aromatic rings. The molecule has 1 atom stereocenters. The second kappa shape index (κ2) is 8.39. The van der Waals surface area contributed by atoms with Crippen LogP contribution in [0.5, 0.6) is 0 Å². The third kappa shape index (κ3) is 4.56. The van der Waals surface area contributed by atoms with Crippen LogP contribution in [-0.4, -0.2) is 60.0 Å². The van der Waals surface area contributed by atoms with Crippen molar-refractivity contribution in [3.05, 3.63) is 17.0 Å². The van der Waals surface area contributed by atoms with Crippen LogP contribution >= 0.6 is 0 Å². The molecule has 26 heavy (non-hydrogen) atoms. The monoisotopic (exact) mass is 376 g/mol. The molecule has 1 amide bonds. The van der Waals surface area contributed by atoms with Crippen molar-refractivity contribution in [2.45, 2.75) is 51.9 Å². The van der Waals surface area contributed by atoms with E-state index in [0.29, 0.717) is 12.6 Å². The zero-order valence-corrected chi connectivity index (χ0v) is 15.7. The van der Waals surface area contributed by atoms with E-state index in [1.807, 2.05) is 0 Å². The van der Waals surface area contributed by atoms with Gasteiger partial charge in [0.25, 0.3) is 5.91 Å². The van der Waals surface area contributed by atoms with Crippen LogP contribution in [-0.2, 0) is 10.9 Å². The summed E-state index contributed by atoms with van der Waals surface area (Å²) in [6, 6.07) is 0.139. The van der Waals surface area contributed by atoms with E-state index in [2.05, 4.69) is 29.2 Å². The van der Waals surface area contributed by atoms with Crippen LogP contribution in [0.2, 0.25) is 0 Å². The maximum absolute atomic E-state index is 13.5. The second-order valence-corrected chi connectivity index (χ2v) is 6.88. The number of carbonyl (C=O) groups is 1. The van der Waals surface area contributed by atoms with Crippen molar-refractivity contribution in [2.24, 2.45) is 0 Å². The number of piperidine rings is 1. The summed E-state index contributed by atoms with van der Waals surface area (Å²) in [5, 5.41) is 6.29. The quantitative estimate of drug-likeness (QED) is 0.776. The number of rotatable bonds is 6. The van der Waals surface area contributed by atoms with Gasteiger partial charge in [0.1, 0.15) is 0 Å². The first-order valence-corrected chi connectivity index (χ1v) is 8.84. The van der Waals surface area contributed by atoms with E-state index in [9.17, 15) is 18.0 Å². The summed E-state index contributed by atoms with van der Waals surface area (Å²) in [5.74, 6) is -0.769. The Balaban J connectivity index is 2.35. The molecule has 0 aliphatic carbocycles. The molecule has 9 heteroatoms. The topological polar surface area (TPSA) is 59.4 Å². The average molecular weight is 376 g/mol. The van der Waals surface area contributed by atoms with E-state index in [1.165, 1.54) is 18.7 Å². The van der Waals surface area contributed by atoms with Crippen molar-refractivity contribution in [3.63, 3.8) is 0 Å². The second-order valence-electron chi connectivity index (χ2n) is 6.88. The molecule has 1 aromatic heterocycles. The maximum atomic E-state index is 13.5. The minimum Gasteiger partial charge on any atom is -0.383 e. The number of likely N-dealkylation sites (tertiary alicyclic amines) is 1. The van der Waals surface area contributed by atoms with Gasteiger partial charge in [-0.25, -0.2) is 0 Å². The van der Waals surface area contributed by atoms with E-state index in [0.717, 1.165) is 19.4 Å². The highest BCUT2D eigenvalue weighted by atomic mass is 19.4. The Bertz CT molecular complexity index is 628. The number of nitrogens with zero attached hydrogens (tertiary/aromatic N) is 3. The molecule has 1 aliphatic rings. The highest BCUT2D eigenvalue weighted by molar-refractivity contribution is 5.96. The molecule has 1 unspecified atom stereocenters. The number of carbonyl (C=O) groups excluding carboxylic acids is 1. The van der Waals surface area contributed by atoms with Crippen molar-refractivity contribution in [1.29, 1.82) is 0 Å². The van der Waals surface area contributed by atoms with Crippen molar-refractivity contribution >= 4 is 5.91 Å². The van der Waals surface area contributed by atoms with Crippen LogP contribution in [0.25, 0.3) is 0 Å². The molecule has 1 fully saturated rings. The van der Waals surface area contributed by atoms with E-state index < -0.39 is 23.3 Å². The first-order valence-electron chi connectivity index (χ1n) is 8.84. The van der Waals surface area contributed by atoms with Crippen LogP contribution in [0, 0.1) is 6.92 Å². The van der Waals surface area contributed by atoms with Crippen LogP contribution < -0.4 is 5.32 Å². The molecule has 148 valence electrons. The smallest absolute Gasteiger partial charge is 0.383 e. The van der Waals surface area contributed by atoms with Gasteiger partial charge in [-0.05, 0) is 40.2 Å². The Kier molecular flexibility index (Phi) is 6.68. The highest BCUT2D eigenvalue weighted by Gasteiger charge is 2.41. The Labute approximate surface area is 151 Å². The lowest BCUT2D eigenvalue weighted by Crippen LogP contribution is -2.41. The van der Waals surface area contributed by atoms with E-state index in [4.69, 9.17) is 4.74 Å². The number of hydrogen-bond donors (Lipinski definition) is 1. The van der Waals surface area contributed by atoms with Gasteiger partial charge in [0.05, 0.1) is 18.2 Å². The summed E-state index contributed by atoms with van der Waals surface area (Å²) in [4.78, 5) is 14.6. The molecular weight excluding hydrogens is 349 g/mol. The van der Waals surface area contributed by atoms with Gasteiger partial charge >= 0.3 is 6.18 Å². The summed E-state index contributed by atoms with van der Waals surface area (Å²) in [5.41, 5.74) is -1.26. The first-order chi connectivity index (χ1) is 12.2. The van der Waals surface area contributed by atoms with Crippen molar-refractivity contribution < 1.29 is 22.7 Å². The number of nitrogens with one attached hydrogen (secondary N) is 1. The summed E-state index contributed by atoms with van der Waals surface area (Å²) in [7, 11) is 1.46. The van der Waals surface area contributed by atoms with Gasteiger partial charge in [-0.2, -0.15) is 18.3 Å². The van der Waals surface area contributed by atoms with Crippen molar-refractivity contribution in [3.8, 4) is 0 Å². The highest BCUT2D eigenvalue weighted by Crippen LogP contribution is 2.34. The molecule has 0 radical (unpaired) electrons. The Morgan fingerprint density at radius 1 is 1.42 bits per heavy atom. The molecule has 6 nitrogen and oxygen atoms in total. The Morgan fingerprint density at radius 2 is 2.12 bits per heavy atom. The summed E-state index contributed by atoms with van der Waals surface area (Å²) >= 11 is 0. The van der Waals surface area contributed by atoms with Crippen molar-refractivity contribution in [1.82, 2.24) is 20.0 Å². The van der Waals surface area contributed by atoms with Gasteiger partial charge in [0.2, 0.25) is 0 Å². The van der Waals surface area contributed by atoms with E-state index in [1.54, 1.807) is 0 Å². The largest absolute Gasteiger partial charge is 0.435 e. The number of aromatic nitrogens is 2. The average Bonchev–Trinajstić information content (AvgIpc) is 2.93. The van der Waals surface area contributed by atoms with Gasteiger partial charge in [-0.3, -0.25) is 14.4 Å². The molecule has 1 N–H and O–H groups in total. The zero-order valence-electron chi connectivity index (χ0n) is 15.7. The minimum absolute atomic E-state index is 0.141. The van der Waals surface area contributed by atoms with Crippen LogP contribution in [0.4, 0.5) is 13.2 Å². The van der Waals surface area contributed by atoms with Crippen LogP contribution in [0.1, 0.15) is 54.5 Å². The summed E-state index contributed by atoms with van der Waals surface area (Å²) in [6.45, 7) is 7.57. The van der Waals surface area contributed by atoms with Gasteiger partial charge in [0.15, 0.2) is 5.69 Å². The molecule has 0 spiro atoms. The molecule has 2 heterocycles. The van der Waals surface area contributed by atoms with Gasteiger partial charge in [0, 0.05) is 31.9 Å². The lowest BCUT2D eigenvalue weighted by Gasteiger charge is -2.35. The van der Waals surface area contributed by atoms with Crippen molar-refractivity contribution in [2.75, 3.05) is 33.4 Å². The summed E-state index contributed by atoms with van der Waals surface area (Å²) in [6.07, 6.45) is -3.05. The fourth-order valence-electron chi connectivity index (χ4n) is 3.35. The molecule has 0 bridgehead atoms. The zero-order chi connectivity index (χ0) is 19.5. The standard InChI is InChI=1S/C17H27F3N4O2/c1-11(2)23-8-5-6-13(10-23)24-12(3)14(15(22-24)17(18,19)20)16(25)21-7-9-26-4/h11,13H,5-10H2,1-4H3,(H,21,25). The third-order valence-corrected chi connectivity index (χ3v) is 4.74. The fourth-order valence-corrected chi connectivity index (χ4v) is 3.35. The molecule has 2 rings (SSSR count). The van der Waals surface area contributed by atoms with E-state index >= 15 is 0 Å². The van der Waals surface area contributed by atoms with Gasteiger partial charge in [-0.15, -0.1) is 0 Å². The Hall–Kier alpha value is -1.61. The summed E-state index contributed by atoms with van der Waals surface area (Å²) < 4.78 is 46.6. The lowest BCUT2D eigenvalue weighted by molar-refractivity contribution is -0.142. The van der Waals surface area contributed by atoms with Crippen LogP contribution in [0.3, 0.4) is 0 Å². The van der Waals surface area contributed by atoms with Crippen LogP contribution in [0.15, 0.2) is 0 Å². The predicted molar refractivity (Wildman–Crippen MR) is 91.2 cm³/mol. The molecule has 1 aliphatic heterocycles. The maximum Gasteiger partial charge on any atom is 0.435 e. The number of ether oxygens (including phenoxy) is 1. The van der Waals surface area contributed by atoms with Gasteiger partial charge in [-0.1, -0.05) is 0 Å². The fraction of sp³-hybridized carbons (Fsp3) is 0.765. The van der Waals surface area contributed by atoms with E-state index in [-0.39, 0.29) is 24.9 Å². The molecule has 0 saturated carbocycles. The lowest BCUT2D eigenvalue weighted by atomic mass is 10.0. The minimum atomic E-state index is -4.68. The number of alkyl halides is 3. The van der Waals surface area contributed by atoms with Gasteiger partial charge < -0.3 is 10.1 Å². The Morgan fingerprint density at radius 3 is 2.69 bits per heavy atom. The number of hydrogen-bond acceptors (Lipinski definition) is 4. The predicted octanol–water partition coefficient (Wildman–Crippen LogP) is 2.63. The number of halogens is 3. The molecule has 0 aromatic carbocycles. The first kappa shape index (κ1) is 20.7. The number of amides is 1. The third-order valence-electron chi connectivity index (χ3n) is 4.74. The normalized spacial score (nSPS) is 19.2. The molecule has 1 saturated heterocycles.